The second-order valence-electron chi connectivity index (χ2n) is 8.76. The van der Waals surface area contributed by atoms with Crippen LogP contribution in [0, 0.1) is 23.7 Å². The average Bonchev–Trinajstić information content (AvgIpc) is 3.42. The first-order valence-corrected chi connectivity index (χ1v) is 10.5. The molecule has 6 heteroatoms. The molecule has 0 N–H and O–H groups in total. The van der Waals surface area contributed by atoms with Crippen LogP contribution in [-0.4, -0.2) is 50.1 Å². The summed E-state index contributed by atoms with van der Waals surface area (Å²) in [7, 11) is 0. The minimum Gasteiger partial charge on any atom is -0.465 e. The molecule has 6 nitrogen and oxygen atoms in total. The van der Waals surface area contributed by atoms with Crippen molar-refractivity contribution in [1.29, 1.82) is 0 Å². The van der Waals surface area contributed by atoms with Crippen LogP contribution in [0.1, 0.15) is 59.3 Å². The van der Waals surface area contributed by atoms with Gasteiger partial charge < -0.3 is 18.9 Å². The van der Waals surface area contributed by atoms with Gasteiger partial charge in [-0.3, -0.25) is 9.59 Å². The molecule has 0 bridgehead atoms. The molecule has 3 fully saturated rings. The van der Waals surface area contributed by atoms with E-state index in [9.17, 15) is 9.59 Å². The van der Waals surface area contributed by atoms with Crippen LogP contribution in [-0.2, 0) is 28.5 Å². The standard InChI is InChI=1S/C21H34O6/c1-13(20(22)25-11-16-4-5-18-19(10-16)27-18)8-14(2)21(23)26-12-17-6-7-24-15(3)9-17/h13-19H,4-12H2,1-3H3. The Kier molecular flexibility index (Phi) is 7.15. The number of hydrogen-bond donors (Lipinski definition) is 0. The van der Waals surface area contributed by atoms with Crippen molar-refractivity contribution in [1.82, 2.24) is 0 Å². The van der Waals surface area contributed by atoms with Crippen molar-refractivity contribution < 1.29 is 28.5 Å². The number of carbonyl (C=O) groups is 2. The summed E-state index contributed by atoms with van der Waals surface area (Å²) in [5.74, 6) is -0.263. The summed E-state index contributed by atoms with van der Waals surface area (Å²) < 4.78 is 22.0. The Morgan fingerprint density at radius 3 is 2.15 bits per heavy atom. The lowest BCUT2D eigenvalue weighted by molar-refractivity contribution is -0.154. The molecule has 3 aliphatic rings. The maximum Gasteiger partial charge on any atom is 0.308 e. The molecule has 154 valence electrons. The Morgan fingerprint density at radius 1 is 0.926 bits per heavy atom. The van der Waals surface area contributed by atoms with Crippen LogP contribution < -0.4 is 0 Å². The Labute approximate surface area is 162 Å². The lowest BCUT2D eigenvalue weighted by Gasteiger charge is -2.27. The average molecular weight is 382 g/mol. The van der Waals surface area contributed by atoms with E-state index in [1.807, 2.05) is 20.8 Å². The van der Waals surface area contributed by atoms with Crippen molar-refractivity contribution in [2.24, 2.45) is 23.7 Å². The topological polar surface area (TPSA) is 74.4 Å². The third kappa shape index (κ3) is 6.18. The number of epoxide rings is 1. The van der Waals surface area contributed by atoms with E-state index in [-0.39, 0.29) is 29.9 Å². The fourth-order valence-electron chi connectivity index (χ4n) is 4.29. The summed E-state index contributed by atoms with van der Waals surface area (Å²) in [5, 5.41) is 0. The SMILES string of the molecule is CC1CC(COC(=O)C(C)CC(C)C(=O)OCC2CCC3OC3C2)CCO1. The predicted molar refractivity (Wildman–Crippen MR) is 99.0 cm³/mol. The van der Waals surface area contributed by atoms with E-state index in [1.54, 1.807) is 0 Å². The molecule has 2 aliphatic heterocycles. The monoisotopic (exact) mass is 382 g/mol. The van der Waals surface area contributed by atoms with Crippen LogP contribution in [0.15, 0.2) is 0 Å². The van der Waals surface area contributed by atoms with Gasteiger partial charge in [0.25, 0.3) is 0 Å². The molecule has 2 saturated heterocycles. The lowest BCUT2D eigenvalue weighted by Crippen LogP contribution is -2.29. The van der Waals surface area contributed by atoms with Gasteiger partial charge in [-0.15, -0.1) is 0 Å². The summed E-state index contributed by atoms with van der Waals surface area (Å²) in [6, 6.07) is 0. The molecule has 0 aromatic carbocycles. The molecule has 1 aliphatic carbocycles. The van der Waals surface area contributed by atoms with E-state index < -0.39 is 0 Å². The molecule has 2 heterocycles. The quantitative estimate of drug-likeness (QED) is 0.474. The molecular formula is C21H34O6. The fourth-order valence-corrected chi connectivity index (χ4v) is 4.29. The van der Waals surface area contributed by atoms with Crippen LogP contribution in [0.4, 0.5) is 0 Å². The van der Waals surface area contributed by atoms with Gasteiger partial charge in [-0.25, -0.2) is 0 Å². The van der Waals surface area contributed by atoms with E-state index in [0.717, 1.165) is 38.7 Å². The molecule has 1 saturated carbocycles. The minimum absolute atomic E-state index is 0.216. The van der Waals surface area contributed by atoms with Crippen LogP contribution in [0.3, 0.4) is 0 Å². The van der Waals surface area contributed by atoms with Gasteiger partial charge in [0.2, 0.25) is 0 Å². The summed E-state index contributed by atoms with van der Waals surface area (Å²) in [4.78, 5) is 24.5. The van der Waals surface area contributed by atoms with E-state index in [4.69, 9.17) is 18.9 Å². The number of ether oxygens (including phenoxy) is 4. The highest BCUT2D eigenvalue weighted by Crippen LogP contribution is 2.39. The molecule has 0 radical (unpaired) electrons. The van der Waals surface area contributed by atoms with Gasteiger partial charge in [0.1, 0.15) is 0 Å². The number of fused-ring (bicyclic) bond motifs is 1. The highest BCUT2D eigenvalue weighted by molar-refractivity contribution is 5.75. The maximum atomic E-state index is 12.3. The van der Waals surface area contributed by atoms with Gasteiger partial charge in [-0.05, 0) is 57.3 Å². The molecule has 27 heavy (non-hydrogen) atoms. The van der Waals surface area contributed by atoms with E-state index in [0.29, 0.717) is 43.7 Å². The van der Waals surface area contributed by atoms with Gasteiger partial charge in [0.15, 0.2) is 0 Å². The second-order valence-corrected chi connectivity index (χ2v) is 8.76. The number of hydrogen-bond acceptors (Lipinski definition) is 6. The number of carbonyl (C=O) groups excluding carboxylic acids is 2. The van der Waals surface area contributed by atoms with Crippen LogP contribution in [0.25, 0.3) is 0 Å². The Balaban J connectivity index is 1.31. The van der Waals surface area contributed by atoms with Gasteiger partial charge in [0.05, 0.1) is 43.4 Å². The molecule has 0 aromatic rings. The van der Waals surface area contributed by atoms with Crippen molar-refractivity contribution in [2.45, 2.75) is 77.6 Å². The normalized spacial score (nSPS) is 34.9. The van der Waals surface area contributed by atoms with Gasteiger partial charge >= 0.3 is 11.9 Å². The highest BCUT2D eigenvalue weighted by atomic mass is 16.6. The van der Waals surface area contributed by atoms with Crippen molar-refractivity contribution >= 4 is 11.9 Å². The zero-order valence-electron chi connectivity index (χ0n) is 16.9. The van der Waals surface area contributed by atoms with Crippen LogP contribution >= 0.6 is 0 Å². The molecule has 3 rings (SSSR count). The molecule has 0 amide bonds. The Hall–Kier alpha value is -1.14. The minimum atomic E-state index is -0.305. The smallest absolute Gasteiger partial charge is 0.308 e. The first-order valence-electron chi connectivity index (χ1n) is 10.5. The van der Waals surface area contributed by atoms with Crippen molar-refractivity contribution in [2.75, 3.05) is 19.8 Å². The summed E-state index contributed by atoms with van der Waals surface area (Å²) in [6.07, 6.45) is 6.56. The first kappa shape index (κ1) is 20.6. The van der Waals surface area contributed by atoms with Gasteiger partial charge in [-0.1, -0.05) is 13.8 Å². The maximum absolute atomic E-state index is 12.3. The molecule has 0 spiro atoms. The summed E-state index contributed by atoms with van der Waals surface area (Å²) in [6.45, 7) is 7.35. The summed E-state index contributed by atoms with van der Waals surface area (Å²) >= 11 is 0. The number of esters is 2. The summed E-state index contributed by atoms with van der Waals surface area (Å²) in [5.41, 5.74) is 0. The van der Waals surface area contributed by atoms with Crippen LogP contribution in [0.2, 0.25) is 0 Å². The zero-order chi connectivity index (χ0) is 19.4. The largest absolute Gasteiger partial charge is 0.465 e. The first-order chi connectivity index (χ1) is 12.9. The van der Waals surface area contributed by atoms with Gasteiger partial charge in [0, 0.05) is 6.61 Å². The van der Waals surface area contributed by atoms with Crippen molar-refractivity contribution in [3.63, 3.8) is 0 Å². The zero-order valence-corrected chi connectivity index (χ0v) is 16.9. The molecule has 7 unspecified atom stereocenters. The van der Waals surface area contributed by atoms with Crippen molar-refractivity contribution in [3.05, 3.63) is 0 Å². The second kappa shape index (κ2) is 9.37. The fraction of sp³-hybridized carbons (Fsp3) is 0.905. The highest BCUT2D eigenvalue weighted by Gasteiger charge is 2.44. The molecule has 7 atom stereocenters. The number of rotatable bonds is 8. The lowest BCUT2D eigenvalue weighted by atomic mass is 9.90. The van der Waals surface area contributed by atoms with Crippen molar-refractivity contribution in [3.8, 4) is 0 Å². The third-order valence-electron chi connectivity index (χ3n) is 6.14. The Morgan fingerprint density at radius 2 is 1.56 bits per heavy atom. The third-order valence-corrected chi connectivity index (χ3v) is 6.14. The predicted octanol–water partition coefficient (Wildman–Crippen LogP) is 3.12. The van der Waals surface area contributed by atoms with Crippen LogP contribution in [0.5, 0.6) is 0 Å². The Bertz CT molecular complexity index is 495. The molecular weight excluding hydrogens is 348 g/mol. The van der Waals surface area contributed by atoms with E-state index in [2.05, 4.69) is 0 Å². The van der Waals surface area contributed by atoms with Gasteiger partial charge in [-0.2, -0.15) is 0 Å². The van der Waals surface area contributed by atoms with E-state index >= 15 is 0 Å². The van der Waals surface area contributed by atoms with E-state index in [1.165, 1.54) is 0 Å². The molecule has 0 aromatic heterocycles.